The summed E-state index contributed by atoms with van der Waals surface area (Å²) >= 11 is 0. The standard InChI is InChI=1S/C14H16N4/c15-11-5-3-10(4-6-11)14(7-8-14)13-16-12(17-18-13)9-1-2-9/h3-6,9H,1-2,7-8,15H2,(H,16,17,18). The van der Waals surface area contributed by atoms with E-state index < -0.39 is 0 Å². The highest BCUT2D eigenvalue weighted by Gasteiger charge is 2.49. The van der Waals surface area contributed by atoms with Crippen LogP contribution in [0.1, 0.15) is 48.8 Å². The van der Waals surface area contributed by atoms with E-state index >= 15 is 0 Å². The molecule has 1 heterocycles. The molecule has 0 atom stereocenters. The van der Waals surface area contributed by atoms with Crippen molar-refractivity contribution in [1.82, 2.24) is 15.2 Å². The molecule has 4 heteroatoms. The van der Waals surface area contributed by atoms with E-state index in [4.69, 9.17) is 10.7 Å². The second kappa shape index (κ2) is 3.34. The maximum absolute atomic E-state index is 5.74. The number of nitrogens with zero attached hydrogens (tertiary/aromatic N) is 2. The zero-order valence-electron chi connectivity index (χ0n) is 10.2. The second-order valence-corrected chi connectivity index (χ2v) is 5.52. The lowest BCUT2D eigenvalue weighted by Gasteiger charge is -2.11. The van der Waals surface area contributed by atoms with Crippen LogP contribution in [0, 0.1) is 0 Å². The van der Waals surface area contributed by atoms with Crippen LogP contribution in [-0.2, 0) is 5.41 Å². The predicted octanol–water partition coefficient (Wildman–Crippen LogP) is 2.34. The second-order valence-electron chi connectivity index (χ2n) is 5.52. The topological polar surface area (TPSA) is 67.6 Å². The van der Waals surface area contributed by atoms with Gasteiger partial charge >= 0.3 is 0 Å². The van der Waals surface area contributed by atoms with Crippen molar-refractivity contribution in [3.8, 4) is 0 Å². The first-order valence-corrected chi connectivity index (χ1v) is 6.57. The SMILES string of the molecule is Nc1ccc(C2(c3n[nH]c(C4CC4)n3)CC2)cc1. The van der Waals surface area contributed by atoms with Gasteiger partial charge in [0.2, 0.25) is 0 Å². The first kappa shape index (κ1) is 10.1. The first-order chi connectivity index (χ1) is 8.78. The van der Waals surface area contributed by atoms with Gasteiger partial charge in [0.25, 0.3) is 0 Å². The third-order valence-electron chi connectivity index (χ3n) is 4.11. The van der Waals surface area contributed by atoms with Crippen LogP contribution >= 0.6 is 0 Å². The fourth-order valence-electron chi connectivity index (χ4n) is 2.60. The Balaban J connectivity index is 1.71. The number of hydrogen-bond donors (Lipinski definition) is 2. The monoisotopic (exact) mass is 240 g/mol. The molecule has 2 aromatic rings. The highest BCUT2D eigenvalue weighted by molar-refractivity contribution is 5.46. The molecule has 1 aromatic heterocycles. The number of nitrogen functional groups attached to an aromatic ring is 1. The quantitative estimate of drug-likeness (QED) is 0.809. The number of rotatable bonds is 3. The molecule has 4 nitrogen and oxygen atoms in total. The van der Waals surface area contributed by atoms with Crippen LogP contribution in [0.15, 0.2) is 24.3 Å². The summed E-state index contributed by atoms with van der Waals surface area (Å²) in [6.07, 6.45) is 4.78. The zero-order chi connectivity index (χ0) is 12.2. The molecule has 0 radical (unpaired) electrons. The average Bonchev–Trinajstić information content (AvgIpc) is 3.31. The molecule has 0 aliphatic heterocycles. The fourth-order valence-corrected chi connectivity index (χ4v) is 2.60. The van der Waals surface area contributed by atoms with Crippen molar-refractivity contribution in [3.05, 3.63) is 41.5 Å². The smallest absolute Gasteiger partial charge is 0.161 e. The van der Waals surface area contributed by atoms with Crippen LogP contribution < -0.4 is 5.73 Å². The van der Waals surface area contributed by atoms with Crippen molar-refractivity contribution in [2.24, 2.45) is 0 Å². The Hall–Kier alpha value is -1.84. The predicted molar refractivity (Wildman–Crippen MR) is 69.2 cm³/mol. The van der Waals surface area contributed by atoms with Gasteiger partial charge in [0, 0.05) is 11.6 Å². The number of anilines is 1. The number of hydrogen-bond acceptors (Lipinski definition) is 3. The Labute approximate surface area is 106 Å². The minimum absolute atomic E-state index is 0.0529. The third kappa shape index (κ3) is 1.45. The molecular weight excluding hydrogens is 224 g/mol. The van der Waals surface area contributed by atoms with Crippen LogP contribution in [0.2, 0.25) is 0 Å². The Kier molecular flexibility index (Phi) is 1.88. The molecule has 0 spiro atoms. The van der Waals surface area contributed by atoms with E-state index in [0.29, 0.717) is 5.92 Å². The van der Waals surface area contributed by atoms with Gasteiger partial charge in [-0.05, 0) is 43.4 Å². The highest BCUT2D eigenvalue weighted by Crippen LogP contribution is 2.52. The number of aromatic nitrogens is 3. The molecule has 2 saturated carbocycles. The molecule has 0 amide bonds. The lowest BCUT2D eigenvalue weighted by molar-refractivity contribution is 0.761. The number of nitrogens with one attached hydrogen (secondary N) is 1. The summed E-state index contributed by atoms with van der Waals surface area (Å²) in [5, 5.41) is 7.55. The van der Waals surface area contributed by atoms with Gasteiger partial charge in [0.15, 0.2) is 5.82 Å². The molecule has 92 valence electrons. The molecule has 2 aliphatic carbocycles. The van der Waals surface area contributed by atoms with E-state index in [9.17, 15) is 0 Å². The van der Waals surface area contributed by atoms with Gasteiger partial charge in [-0.1, -0.05) is 12.1 Å². The molecule has 3 N–H and O–H groups in total. The van der Waals surface area contributed by atoms with Crippen LogP contribution in [0.3, 0.4) is 0 Å². The van der Waals surface area contributed by atoms with Crippen molar-refractivity contribution in [3.63, 3.8) is 0 Å². The lowest BCUT2D eigenvalue weighted by Crippen LogP contribution is -2.11. The van der Waals surface area contributed by atoms with Crippen molar-refractivity contribution in [1.29, 1.82) is 0 Å². The Morgan fingerprint density at radius 2 is 1.89 bits per heavy atom. The molecule has 4 rings (SSSR count). The first-order valence-electron chi connectivity index (χ1n) is 6.57. The molecule has 2 aliphatic rings. The minimum atomic E-state index is 0.0529. The average molecular weight is 240 g/mol. The zero-order valence-corrected chi connectivity index (χ0v) is 10.2. The number of nitrogens with two attached hydrogens (primary N) is 1. The van der Waals surface area contributed by atoms with Gasteiger partial charge in [-0.2, -0.15) is 5.10 Å². The Bertz CT molecular complexity index is 576. The van der Waals surface area contributed by atoms with E-state index in [1.165, 1.54) is 18.4 Å². The molecular formula is C14H16N4. The Morgan fingerprint density at radius 1 is 1.17 bits per heavy atom. The summed E-state index contributed by atoms with van der Waals surface area (Å²) in [5.74, 6) is 2.68. The van der Waals surface area contributed by atoms with Crippen LogP contribution in [0.5, 0.6) is 0 Å². The lowest BCUT2D eigenvalue weighted by atomic mass is 9.95. The molecule has 2 fully saturated rings. The van der Waals surface area contributed by atoms with Gasteiger partial charge in [-0.25, -0.2) is 4.98 Å². The molecule has 0 unspecified atom stereocenters. The van der Waals surface area contributed by atoms with Gasteiger partial charge < -0.3 is 5.73 Å². The van der Waals surface area contributed by atoms with E-state index in [-0.39, 0.29) is 5.41 Å². The van der Waals surface area contributed by atoms with E-state index in [0.717, 1.165) is 30.2 Å². The maximum atomic E-state index is 5.74. The summed E-state index contributed by atoms with van der Waals surface area (Å²) in [7, 11) is 0. The minimum Gasteiger partial charge on any atom is -0.399 e. The van der Waals surface area contributed by atoms with Crippen LogP contribution in [0.4, 0.5) is 5.69 Å². The molecule has 18 heavy (non-hydrogen) atoms. The molecule has 0 bridgehead atoms. The summed E-state index contributed by atoms with van der Waals surface area (Å²) in [4.78, 5) is 4.71. The van der Waals surface area contributed by atoms with Crippen molar-refractivity contribution < 1.29 is 0 Å². The molecule has 1 aromatic carbocycles. The maximum Gasteiger partial charge on any atom is 0.161 e. The largest absolute Gasteiger partial charge is 0.399 e. The van der Waals surface area contributed by atoms with Crippen molar-refractivity contribution >= 4 is 5.69 Å². The summed E-state index contributed by atoms with van der Waals surface area (Å²) in [6, 6.07) is 8.14. The summed E-state index contributed by atoms with van der Waals surface area (Å²) in [5.41, 5.74) is 7.90. The van der Waals surface area contributed by atoms with E-state index in [1.807, 2.05) is 12.1 Å². The van der Waals surface area contributed by atoms with Gasteiger partial charge in [-0.15, -0.1) is 0 Å². The fraction of sp³-hybridized carbons (Fsp3) is 0.429. The summed E-state index contributed by atoms with van der Waals surface area (Å²) < 4.78 is 0. The highest BCUT2D eigenvalue weighted by atomic mass is 15.2. The normalized spacial score (nSPS) is 20.9. The van der Waals surface area contributed by atoms with Crippen molar-refractivity contribution in [2.45, 2.75) is 37.0 Å². The van der Waals surface area contributed by atoms with Crippen LogP contribution in [-0.4, -0.2) is 15.2 Å². The van der Waals surface area contributed by atoms with Gasteiger partial charge in [0.1, 0.15) is 5.82 Å². The third-order valence-corrected chi connectivity index (χ3v) is 4.11. The van der Waals surface area contributed by atoms with Crippen molar-refractivity contribution in [2.75, 3.05) is 5.73 Å². The van der Waals surface area contributed by atoms with Gasteiger partial charge in [-0.3, -0.25) is 5.10 Å². The number of aromatic amines is 1. The molecule has 0 saturated heterocycles. The summed E-state index contributed by atoms with van der Waals surface area (Å²) in [6.45, 7) is 0. The van der Waals surface area contributed by atoms with Crippen LogP contribution in [0.25, 0.3) is 0 Å². The van der Waals surface area contributed by atoms with E-state index in [1.54, 1.807) is 0 Å². The Morgan fingerprint density at radius 3 is 2.50 bits per heavy atom. The number of H-pyrrole nitrogens is 1. The van der Waals surface area contributed by atoms with E-state index in [2.05, 4.69) is 22.3 Å². The number of benzene rings is 1. The van der Waals surface area contributed by atoms with Gasteiger partial charge in [0.05, 0.1) is 5.41 Å².